The minimum absolute atomic E-state index is 0.0547. The normalized spacial score (nSPS) is 15.7. The summed E-state index contributed by atoms with van der Waals surface area (Å²) < 4.78 is 5.49. The summed E-state index contributed by atoms with van der Waals surface area (Å²) in [5, 5.41) is 12.0. The van der Waals surface area contributed by atoms with Crippen LogP contribution < -0.4 is 10.1 Å². The summed E-state index contributed by atoms with van der Waals surface area (Å²) in [6.07, 6.45) is 1.85. The minimum Gasteiger partial charge on any atom is -0.497 e. The van der Waals surface area contributed by atoms with Crippen molar-refractivity contribution in [2.45, 2.75) is 18.9 Å². The van der Waals surface area contributed by atoms with Crippen LogP contribution in [0.2, 0.25) is 0 Å². The van der Waals surface area contributed by atoms with Gasteiger partial charge in [0.25, 0.3) is 5.91 Å². The molecule has 2 aromatic carbocycles. The van der Waals surface area contributed by atoms with E-state index in [-0.39, 0.29) is 25.3 Å². The Labute approximate surface area is 195 Å². The van der Waals surface area contributed by atoms with E-state index in [1.54, 1.807) is 37.5 Å². The quantitative estimate of drug-likeness (QED) is 0.429. The highest BCUT2D eigenvalue weighted by molar-refractivity contribution is 8.26. The Morgan fingerprint density at radius 2 is 1.88 bits per heavy atom. The third-order valence-corrected chi connectivity index (χ3v) is 6.14. The van der Waals surface area contributed by atoms with E-state index in [4.69, 9.17) is 17.0 Å². The Morgan fingerprint density at radius 3 is 2.50 bits per heavy atom. The van der Waals surface area contributed by atoms with Crippen LogP contribution in [0.15, 0.2) is 59.5 Å². The van der Waals surface area contributed by atoms with E-state index in [1.165, 1.54) is 16.7 Å². The smallest absolute Gasteiger partial charge is 0.326 e. The molecule has 1 fully saturated rings. The zero-order valence-electron chi connectivity index (χ0n) is 17.3. The summed E-state index contributed by atoms with van der Waals surface area (Å²) >= 11 is 6.47. The van der Waals surface area contributed by atoms with Gasteiger partial charge in [0.1, 0.15) is 16.1 Å². The van der Waals surface area contributed by atoms with Crippen LogP contribution in [0.4, 0.5) is 0 Å². The first kappa shape index (κ1) is 23.5. The van der Waals surface area contributed by atoms with E-state index in [2.05, 4.69) is 5.32 Å². The third kappa shape index (κ3) is 6.18. The Kier molecular flexibility index (Phi) is 8.02. The maximum Gasteiger partial charge on any atom is 0.326 e. The number of carboxylic acids is 1. The molecule has 0 aromatic heterocycles. The van der Waals surface area contributed by atoms with Gasteiger partial charge in [0.15, 0.2) is 0 Å². The zero-order valence-corrected chi connectivity index (χ0v) is 18.9. The van der Waals surface area contributed by atoms with Crippen molar-refractivity contribution < 1.29 is 24.2 Å². The van der Waals surface area contributed by atoms with Gasteiger partial charge in [0.2, 0.25) is 5.91 Å². The molecule has 0 radical (unpaired) electrons. The van der Waals surface area contributed by atoms with Crippen molar-refractivity contribution >= 4 is 52.2 Å². The molecule has 0 spiro atoms. The van der Waals surface area contributed by atoms with Gasteiger partial charge in [0, 0.05) is 19.4 Å². The molecule has 1 heterocycles. The molecule has 0 saturated carbocycles. The topological polar surface area (TPSA) is 95.9 Å². The predicted molar refractivity (Wildman–Crippen MR) is 127 cm³/mol. The molecule has 2 N–H and O–H groups in total. The average molecular weight is 471 g/mol. The summed E-state index contributed by atoms with van der Waals surface area (Å²) in [7, 11) is 1.58. The number of amides is 2. The van der Waals surface area contributed by atoms with Gasteiger partial charge < -0.3 is 15.2 Å². The maximum absolute atomic E-state index is 12.7. The van der Waals surface area contributed by atoms with Crippen molar-refractivity contribution in [3.63, 3.8) is 0 Å². The highest BCUT2D eigenvalue weighted by atomic mass is 32.2. The average Bonchev–Trinajstić information content (AvgIpc) is 3.05. The molecule has 1 aliphatic rings. The Bertz CT molecular complexity index is 1040. The van der Waals surface area contributed by atoms with E-state index in [0.717, 1.165) is 11.1 Å². The van der Waals surface area contributed by atoms with Gasteiger partial charge in [-0.15, -0.1) is 0 Å². The second-order valence-electron chi connectivity index (χ2n) is 7.00. The van der Waals surface area contributed by atoms with E-state index in [0.29, 0.717) is 15.0 Å². The van der Waals surface area contributed by atoms with Crippen LogP contribution in [0.1, 0.15) is 17.5 Å². The number of thiocarbonyl (C=S) groups is 1. The maximum atomic E-state index is 12.7. The van der Waals surface area contributed by atoms with Crippen LogP contribution in [0.25, 0.3) is 6.08 Å². The number of methoxy groups -OCH3 is 1. The lowest BCUT2D eigenvalue weighted by atomic mass is 10.1. The first-order valence-corrected chi connectivity index (χ1v) is 11.1. The molecule has 32 heavy (non-hydrogen) atoms. The third-order valence-electron chi connectivity index (χ3n) is 4.77. The summed E-state index contributed by atoms with van der Waals surface area (Å²) in [5.41, 5.74) is 1.63. The Balaban J connectivity index is 1.57. The van der Waals surface area contributed by atoms with Crippen molar-refractivity contribution in [3.8, 4) is 5.75 Å². The van der Waals surface area contributed by atoms with Gasteiger partial charge >= 0.3 is 5.97 Å². The molecule has 2 amide bonds. The monoisotopic (exact) mass is 470 g/mol. The number of rotatable bonds is 9. The van der Waals surface area contributed by atoms with Crippen molar-refractivity contribution in [2.75, 3.05) is 13.7 Å². The molecule has 0 aliphatic carbocycles. The number of ether oxygens (including phenoxy) is 1. The SMILES string of the molecule is COc1ccc(/C=C2\SC(=S)N(CCC(=O)NC(Cc3ccccc3)C(=O)O)C2=O)cc1. The number of aliphatic carboxylic acids is 1. The number of hydrogen-bond donors (Lipinski definition) is 2. The van der Waals surface area contributed by atoms with Crippen molar-refractivity contribution in [1.82, 2.24) is 10.2 Å². The number of hydrogen-bond acceptors (Lipinski definition) is 6. The van der Waals surface area contributed by atoms with E-state index in [1.807, 2.05) is 30.3 Å². The fourth-order valence-corrected chi connectivity index (χ4v) is 4.38. The minimum atomic E-state index is -1.12. The van der Waals surface area contributed by atoms with Crippen LogP contribution in [0.3, 0.4) is 0 Å². The fourth-order valence-electron chi connectivity index (χ4n) is 3.07. The number of carbonyl (C=O) groups is 3. The molecule has 166 valence electrons. The largest absolute Gasteiger partial charge is 0.497 e. The van der Waals surface area contributed by atoms with Gasteiger partial charge in [-0.05, 0) is 29.3 Å². The number of thioether (sulfide) groups is 1. The highest BCUT2D eigenvalue weighted by Crippen LogP contribution is 2.32. The van der Waals surface area contributed by atoms with Gasteiger partial charge in [-0.3, -0.25) is 14.5 Å². The number of carbonyl (C=O) groups excluding carboxylic acids is 2. The molecular weight excluding hydrogens is 448 g/mol. The van der Waals surface area contributed by atoms with E-state index >= 15 is 0 Å². The second-order valence-corrected chi connectivity index (χ2v) is 8.68. The van der Waals surface area contributed by atoms with Crippen LogP contribution in [0, 0.1) is 0 Å². The summed E-state index contributed by atoms with van der Waals surface area (Å²) in [6, 6.07) is 15.3. The second kappa shape index (κ2) is 10.9. The molecule has 2 aromatic rings. The number of nitrogens with zero attached hydrogens (tertiary/aromatic N) is 1. The van der Waals surface area contributed by atoms with Crippen molar-refractivity contribution in [2.24, 2.45) is 0 Å². The molecule has 1 atom stereocenters. The molecule has 1 saturated heterocycles. The number of benzene rings is 2. The van der Waals surface area contributed by atoms with Crippen LogP contribution in [0.5, 0.6) is 5.75 Å². The predicted octanol–water partition coefficient (Wildman–Crippen LogP) is 3.10. The Hall–Kier alpha value is -3.17. The number of nitrogens with one attached hydrogen (secondary N) is 1. The van der Waals surface area contributed by atoms with Crippen LogP contribution in [-0.2, 0) is 20.8 Å². The van der Waals surface area contributed by atoms with Crippen molar-refractivity contribution in [1.29, 1.82) is 0 Å². The molecule has 1 aliphatic heterocycles. The van der Waals surface area contributed by atoms with Gasteiger partial charge in [-0.2, -0.15) is 0 Å². The fraction of sp³-hybridized carbons (Fsp3) is 0.217. The molecule has 3 rings (SSSR count). The molecule has 7 nitrogen and oxygen atoms in total. The van der Waals surface area contributed by atoms with Crippen molar-refractivity contribution in [3.05, 3.63) is 70.6 Å². The first-order valence-electron chi connectivity index (χ1n) is 9.83. The summed E-state index contributed by atoms with van der Waals surface area (Å²) in [4.78, 5) is 38.5. The van der Waals surface area contributed by atoms with E-state index in [9.17, 15) is 19.5 Å². The standard InChI is InChI=1S/C23H22N2O5S2/c1-30-17-9-7-16(8-10-17)14-19-21(27)25(23(31)32-19)12-11-20(26)24-18(22(28)29)13-15-5-3-2-4-6-15/h2-10,14,18H,11-13H2,1H3,(H,24,26)(H,28,29)/b19-14-. The molecular formula is C23H22N2O5S2. The number of carboxylic acid groups (broad SMARTS) is 1. The lowest BCUT2D eigenvalue weighted by Gasteiger charge is -2.17. The lowest BCUT2D eigenvalue weighted by molar-refractivity contribution is -0.141. The zero-order chi connectivity index (χ0) is 23.1. The molecule has 1 unspecified atom stereocenters. The lowest BCUT2D eigenvalue weighted by Crippen LogP contribution is -2.43. The summed E-state index contributed by atoms with van der Waals surface area (Å²) in [5.74, 6) is -1.13. The summed E-state index contributed by atoms with van der Waals surface area (Å²) in [6.45, 7) is 0.0775. The van der Waals surface area contributed by atoms with Gasteiger partial charge in [-0.1, -0.05) is 66.4 Å². The Morgan fingerprint density at radius 1 is 1.19 bits per heavy atom. The first-order chi connectivity index (χ1) is 15.4. The molecule has 0 bridgehead atoms. The van der Waals surface area contributed by atoms with Gasteiger partial charge in [-0.25, -0.2) is 4.79 Å². The molecule has 9 heteroatoms. The highest BCUT2D eigenvalue weighted by Gasteiger charge is 2.32. The van der Waals surface area contributed by atoms with Crippen LogP contribution >= 0.6 is 24.0 Å². The van der Waals surface area contributed by atoms with E-state index < -0.39 is 17.9 Å². The van der Waals surface area contributed by atoms with Crippen LogP contribution in [-0.4, -0.2) is 51.8 Å². The van der Waals surface area contributed by atoms with Gasteiger partial charge in [0.05, 0.1) is 12.0 Å².